The summed E-state index contributed by atoms with van der Waals surface area (Å²) in [7, 11) is -3.78. The first kappa shape index (κ1) is 23.5. The SMILES string of the molecule is N#Cc1ccccc1S(=O)(=O)N1CCC(C(=O)NCc2ccccc2Oc2ccccc2)CC1. The molecule has 1 fully saturated rings. The van der Waals surface area contributed by atoms with Gasteiger partial charge in [-0.3, -0.25) is 4.79 Å². The molecule has 0 radical (unpaired) electrons. The maximum Gasteiger partial charge on any atom is 0.244 e. The van der Waals surface area contributed by atoms with Crippen molar-refractivity contribution in [2.45, 2.75) is 24.3 Å². The van der Waals surface area contributed by atoms with Crippen molar-refractivity contribution in [2.75, 3.05) is 13.1 Å². The van der Waals surface area contributed by atoms with Gasteiger partial charge in [-0.05, 0) is 43.2 Å². The lowest BCUT2D eigenvalue weighted by Gasteiger charge is -2.30. The topological polar surface area (TPSA) is 99.5 Å². The summed E-state index contributed by atoms with van der Waals surface area (Å²) in [5.74, 6) is 1.00. The molecular weight excluding hydrogens is 450 g/mol. The molecule has 7 nitrogen and oxygen atoms in total. The number of benzene rings is 3. The van der Waals surface area contributed by atoms with Gasteiger partial charge in [-0.15, -0.1) is 0 Å². The maximum absolute atomic E-state index is 13.0. The van der Waals surface area contributed by atoms with Crippen molar-refractivity contribution >= 4 is 15.9 Å². The summed E-state index contributed by atoms with van der Waals surface area (Å²) in [5.41, 5.74) is 0.978. The zero-order chi connectivity index (χ0) is 24.0. The summed E-state index contributed by atoms with van der Waals surface area (Å²) in [6.45, 7) is 0.775. The van der Waals surface area contributed by atoms with Crippen molar-refractivity contribution in [3.05, 3.63) is 90.0 Å². The fourth-order valence-corrected chi connectivity index (χ4v) is 5.58. The zero-order valence-corrected chi connectivity index (χ0v) is 19.4. The highest BCUT2D eigenvalue weighted by molar-refractivity contribution is 7.89. The van der Waals surface area contributed by atoms with E-state index in [2.05, 4.69) is 5.32 Å². The molecule has 3 aromatic rings. The summed E-state index contributed by atoms with van der Waals surface area (Å²) in [5, 5.41) is 12.2. The zero-order valence-electron chi connectivity index (χ0n) is 18.6. The molecule has 1 heterocycles. The van der Waals surface area contributed by atoms with E-state index in [0.717, 1.165) is 5.56 Å². The van der Waals surface area contributed by atoms with Crippen LogP contribution in [-0.2, 0) is 21.4 Å². The van der Waals surface area contributed by atoms with Gasteiger partial charge in [-0.1, -0.05) is 48.5 Å². The Labute approximate surface area is 199 Å². The first-order chi connectivity index (χ1) is 16.5. The van der Waals surface area contributed by atoms with E-state index in [1.807, 2.05) is 60.7 Å². The van der Waals surface area contributed by atoms with Gasteiger partial charge >= 0.3 is 0 Å². The van der Waals surface area contributed by atoms with E-state index in [9.17, 15) is 18.5 Å². The predicted molar refractivity (Wildman–Crippen MR) is 127 cm³/mol. The largest absolute Gasteiger partial charge is 0.457 e. The van der Waals surface area contributed by atoms with Crippen molar-refractivity contribution in [3.8, 4) is 17.6 Å². The lowest BCUT2D eigenvalue weighted by atomic mass is 9.97. The molecule has 34 heavy (non-hydrogen) atoms. The lowest BCUT2D eigenvalue weighted by molar-refractivity contribution is -0.126. The average Bonchev–Trinajstić information content (AvgIpc) is 2.88. The molecule has 0 atom stereocenters. The molecule has 0 unspecified atom stereocenters. The van der Waals surface area contributed by atoms with Crippen molar-refractivity contribution < 1.29 is 17.9 Å². The molecular formula is C26H25N3O4S. The number of amides is 1. The van der Waals surface area contributed by atoms with Crippen LogP contribution in [0.3, 0.4) is 0 Å². The molecule has 0 aromatic heterocycles. The number of sulfonamides is 1. The summed E-state index contributed by atoms with van der Waals surface area (Å²) >= 11 is 0. The summed E-state index contributed by atoms with van der Waals surface area (Å²) in [6, 6.07) is 25.1. The number of nitrogens with zero attached hydrogens (tertiary/aromatic N) is 2. The van der Waals surface area contributed by atoms with Crippen LogP contribution in [0.25, 0.3) is 0 Å². The third kappa shape index (κ3) is 5.28. The quantitative estimate of drug-likeness (QED) is 0.555. The van der Waals surface area contributed by atoms with Crippen LogP contribution in [-0.4, -0.2) is 31.7 Å². The number of carbonyl (C=O) groups is 1. The third-order valence-corrected chi connectivity index (χ3v) is 7.80. The van der Waals surface area contributed by atoms with E-state index in [4.69, 9.17) is 4.74 Å². The molecule has 0 spiro atoms. The predicted octanol–water partition coefficient (Wildman–Crippen LogP) is 4.07. The smallest absolute Gasteiger partial charge is 0.244 e. The van der Waals surface area contributed by atoms with Gasteiger partial charge in [-0.2, -0.15) is 9.57 Å². The Kier molecular flexibility index (Phi) is 7.26. The highest BCUT2D eigenvalue weighted by Gasteiger charge is 2.33. The van der Waals surface area contributed by atoms with Gasteiger partial charge in [0.05, 0.1) is 10.5 Å². The van der Waals surface area contributed by atoms with Gasteiger partial charge in [-0.25, -0.2) is 8.42 Å². The molecule has 1 aliphatic heterocycles. The van der Waals surface area contributed by atoms with Crippen molar-refractivity contribution in [3.63, 3.8) is 0 Å². The highest BCUT2D eigenvalue weighted by atomic mass is 32.2. The Balaban J connectivity index is 1.35. The Bertz CT molecular complexity index is 1290. The van der Waals surface area contributed by atoms with E-state index in [1.54, 1.807) is 12.1 Å². The number of carbonyl (C=O) groups excluding carboxylic acids is 1. The van der Waals surface area contributed by atoms with Crippen LogP contribution < -0.4 is 10.1 Å². The number of ether oxygens (including phenoxy) is 1. The second kappa shape index (κ2) is 10.5. The number of nitrogens with one attached hydrogen (secondary N) is 1. The number of hydrogen-bond donors (Lipinski definition) is 1. The maximum atomic E-state index is 13.0. The molecule has 1 saturated heterocycles. The fraction of sp³-hybridized carbons (Fsp3) is 0.231. The van der Waals surface area contributed by atoms with E-state index >= 15 is 0 Å². The molecule has 0 aliphatic carbocycles. The highest BCUT2D eigenvalue weighted by Crippen LogP contribution is 2.27. The molecule has 8 heteroatoms. The van der Waals surface area contributed by atoms with E-state index < -0.39 is 10.0 Å². The van der Waals surface area contributed by atoms with Crippen molar-refractivity contribution in [2.24, 2.45) is 5.92 Å². The summed E-state index contributed by atoms with van der Waals surface area (Å²) in [4.78, 5) is 12.8. The van der Waals surface area contributed by atoms with Crippen LogP contribution in [0.1, 0.15) is 24.0 Å². The number of para-hydroxylation sites is 2. The van der Waals surface area contributed by atoms with Gasteiger partial charge < -0.3 is 10.1 Å². The molecule has 3 aromatic carbocycles. The minimum absolute atomic E-state index is 0.00965. The minimum atomic E-state index is -3.78. The fourth-order valence-electron chi connectivity index (χ4n) is 3.97. The second-order valence-corrected chi connectivity index (χ2v) is 9.93. The number of piperidine rings is 1. The molecule has 174 valence electrons. The van der Waals surface area contributed by atoms with Crippen LogP contribution >= 0.6 is 0 Å². The lowest BCUT2D eigenvalue weighted by Crippen LogP contribution is -2.43. The van der Waals surface area contributed by atoms with Crippen LogP contribution in [0.5, 0.6) is 11.5 Å². The number of hydrogen-bond acceptors (Lipinski definition) is 5. The van der Waals surface area contributed by atoms with Gasteiger partial charge in [0.15, 0.2) is 0 Å². The summed E-state index contributed by atoms with van der Waals surface area (Å²) < 4.78 is 33.3. The standard InChI is InChI=1S/C26H25N3O4S/c27-18-21-8-5-7-13-25(21)34(31,32)29-16-14-20(15-17-29)26(30)28-19-22-9-4-6-12-24(22)33-23-10-2-1-3-11-23/h1-13,20H,14-17,19H2,(H,28,30). The van der Waals surface area contributed by atoms with Crippen LogP contribution in [0.4, 0.5) is 0 Å². The van der Waals surface area contributed by atoms with Crippen LogP contribution in [0.15, 0.2) is 83.8 Å². The number of rotatable bonds is 7. The molecule has 0 bridgehead atoms. The molecule has 1 aliphatic rings. The second-order valence-electron chi connectivity index (χ2n) is 8.03. The van der Waals surface area contributed by atoms with Crippen LogP contribution in [0.2, 0.25) is 0 Å². The van der Waals surface area contributed by atoms with Crippen LogP contribution in [0, 0.1) is 17.2 Å². The van der Waals surface area contributed by atoms with Crippen molar-refractivity contribution in [1.82, 2.24) is 9.62 Å². The Hall–Kier alpha value is -3.67. The molecule has 0 saturated carbocycles. The average molecular weight is 476 g/mol. The van der Waals surface area contributed by atoms with E-state index in [0.29, 0.717) is 30.9 Å². The molecule has 1 N–H and O–H groups in total. The normalized spacial score (nSPS) is 14.8. The monoisotopic (exact) mass is 475 g/mol. The Morgan fingerprint density at radius 2 is 1.62 bits per heavy atom. The van der Waals surface area contributed by atoms with E-state index in [-0.39, 0.29) is 35.4 Å². The van der Waals surface area contributed by atoms with Gasteiger partial charge in [0, 0.05) is 31.1 Å². The first-order valence-electron chi connectivity index (χ1n) is 11.1. The van der Waals surface area contributed by atoms with E-state index in [1.165, 1.54) is 16.4 Å². The third-order valence-electron chi connectivity index (χ3n) is 5.85. The number of nitriles is 1. The molecule has 1 amide bonds. The van der Waals surface area contributed by atoms with Crippen molar-refractivity contribution in [1.29, 1.82) is 5.26 Å². The summed E-state index contributed by atoms with van der Waals surface area (Å²) in [6.07, 6.45) is 0.837. The van der Waals surface area contributed by atoms with Gasteiger partial charge in [0.1, 0.15) is 17.6 Å². The first-order valence-corrected chi connectivity index (χ1v) is 12.5. The Morgan fingerprint density at radius 1 is 0.971 bits per heavy atom. The Morgan fingerprint density at radius 3 is 2.35 bits per heavy atom. The van der Waals surface area contributed by atoms with Gasteiger partial charge in [0.25, 0.3) is 0 Å². The minimum Gasteiger partial charge on any atom is -0.457 e. The van der Waals surface area contributed by atoms with Gasteiger partial charge in [0.2, 0.25) is 15.9 Å². The molecule has 4 rings (SSSR count).